The molecular weight excluding hydrogens is 152 g/mol. The van der Waals surface area contributed by atoms with E-state index in [1.165, 1.54) is 0 Å². The average molecular weight is 168 g/mol. The van der Waals surface area contributed by atoms with Gasteiger partial charge in [-0.3, -0.25) is 4.68 Å². The first kappa shape index (κ1) is 9.19. The molecule has 12 heavy (non-hydrogen) atoms. The molecule has 0 fully saturated rings. The summed E-state index contributed by atoms with van der Waals surface area (Å²) in [6.07, 6.45) is 0. The molecule has 0 amide bonds. The number of hydrogen-bond acceptors (Lipinski definition) is 3. The van der Waals surface area contributed by atoms with E-state index in [1.54, 1.807) is 4.68 Å². The number of rotatable bonds is 2. The third-order valence-corrected chi connectivity index (χ3v) is 1.74. The summed E-state index contributed by atoms with van der Waals surface area (Å²) >= 11 is 0. The zero-order valence-corrected chi connectivity index (χ0v) is 8.07. The molecule has 0 bridgehead atoms. The summed E-state index contributed by atoms with van der Waals surface area (Å²) < 4.78 is 1.80. The molecule has 0 saturated heterocycles. The minimum absolute atomic E-state index is 0.0799. The fourth-order valence-corrected chi connectivity index (χ4v) is 1.11. The van der Waals surface area contributed by atoms with E-state index in [2.05, 4.69) is 23.9 Å². The molecule has 4 nitrogen and oxygen atoms in total. The summed E-state index contributed by atoms with van der Waals surface area (Å²) in [6.45, 7) is 6.07. The molecule has 0 radical (unpaired) electrons. The molecule has 1 unspecified atom stereocenters. The van der Waals surface area contributed by atoms with Crippen LogP contribution in [0.3, 0.4) is 0 Å². The van der Waals surface area contributed by atoms with Crippen molar-refractivity contribution in [3.8, 4) is 0 Å². The summed E-state index contributed by atoms with van der Waals surface area (Å²) in [6, 6.07) is -0.0799. The topological polar surface area (TPSA) is 56.7 Å². The standard InChI is InChI=1S/C8H16N4/c1-5(2)8-10-7(6(3)9)11-12(8)4/h5-6H,9H2,1-4H3. The fraction of sp³-hybridized carbons (Fsp3) is 0.750. The van der Waals surface area contributed by atoms with Gasteiger partial charge in [-0.05, 0) is 6.92 Å². The molecule has 0 aliphatic rings. The molecule has 1 aromatic rings. The van der Waals surface area contributed by atoms with Gasteiger partial charge in [-0.1, -0.05) is 13.8 Å². The van der Waals surface area contributed by atoms with Crippen LogP contribution in [0.1, 0.15) is 44.4 Å². The molecule has 1 atom stereocenters. The highest BCUT2D eigenvalue weighted by Gasteiger charge is 2.12. The van der Waals surface area contributed by atoms with Crippen LogP contribution in [0.5, 0.6) is 0 Å². The Morgan fingerprint density at radius 3 is 2.17 bits per heavy atom. The Morgan fingerprint density at radius 2 is 1.92 bits per heavy atom. The van der Waals surface area contributed by atoms with Gasteiger partial charge in [-0.25, -0.2) is 4.98 Å². The summed E-state index contributed by atoms with van der Waals surface area (Å²) in [5, 5.41) is 4.21. The Morgan fingerprint density at radius 1 is 1.33 bits per heavy atom. The third kappa shape index (κ3) is 1.64. The van der Waals surface area contributed by atoms with E-state index >= 15 is 0 Å². The summed E-state index contributed by atoms with van der Waals surface area (Å²) in [5.74, 6) is 2.11. The van der Waals surface area contributed by atoms with Crippen molar-refractivity contribution in [2.45, 2.75) is 32.7 Å². The normalized spacial score (nSPS) is 13.8. The van der Waals surface area contributed by atoms with Crippen molar-refractivity contribution in [2.24, 2.45) is 12.8 Å². The number of nitrogens with two attached hydrogens (primary N) is 1. The molecule has 1 aromatic heterocycles. The van der Waals surface area contributed by atoms with Gasteiger partial charge < -0.3 is 5.73 Å². The first-order chi connectivity index (χ1) is 5.52. The molecule has 4 heteroatoms. The van der Waals surface area contributed by atoms with Crippen LogP contribution >= 0.6 is 0 Å². The molecule has 0 aromatic carbocycles. The van der Waals surface area contributed by atoms with Crippen molar-refractivity contribution in [1.29, 1.82) is 0 Å². The van der Waals surface area contributed by atoms with Crippen LogP contribution in [0.4, 0.5) is 0 Å². The van der Waals surface area contributed by atoms with Gasteiger partial charge in [0, 0.05) is 13.0 Å². The van der Waals surface area contributed by atoms with E-state index in [0.717, 1.165) is 11.6 Å². The first-order valence-electron chi connectivity index (χ1n) is 4.18. The van der Waals surface area contributed by atoms with E-state index in [4.69, 9.17) is 5.73 Å². The highest BCUT2D eigenvalue weighted by molar-refractivity contribution is 4.99. The van der Waals surface area contributed by atoms with E-state index in [9.17, 15) is 0 Å². The molecule has 0 aliphatic heterocycles. The van der Waals surface area contributed by atoms with Crippen molar-refractivity contribution >= 4 is 0 Å². The maximum Gasteiger partial charge on any atom is 0.167 e. The van der Waals surface area contributed by atoms with Crippen LogP contribution in [-0.2, 0) is 7.05 Å². The van der Waals surface area contributed by atoms with Crippen LogP contribution < -0.4 is 5.73 Å². The second kappa shape index (κ2) is 3.23. The minimum atomic E-state index is -0.0799. The average Bonchev–Trinajstić information content (AvgIpc) is 2.30. The van der Waals surface area contributed by atoms with Crippen LogP contribution in [0.25, 0.3) is 0 Å². The Kier molecular flexibility index (Phi) is 2.47. The molecule has 68 valence electrons. The summed E-state index contributed by atoms with van der Waals surface area (Å²) in [7, 11) is 1.90. The maximum absolute atomic E-state index is 5.66. The van der Waals surface area contributed by atoms with E-state index in [1.807, 2.05) is 14.0 Å². The Hall–Kier alpha value is -0.900. The first-order valence-corrected chi connectivity index (χ1v) is 4.18. The van der Waals surface area contributed by atoms with E-state index in [0.29, 0.717) is 5.92 Å². The predicted octanol–water partition coefficient (Wildman–Crippen LogP) is 0.958. The second-order valence-electron chi connectivity index (χ2n) is 3.40. The summed E-state index contributed by atoms with van der Waals surface area (Å²) in [4.78, 5) is 4.34. The molecule has 0 aliphatic carbocycles. The van der Waals surface area contributed by atoms with E-state index in [-0.39, 0.29) is 6.04 Å². The lowest BCUT2D eigenvalue weighted by Gasteiger charge is -2.00. The predicted molar refractivity (Wildman–Crippen MR) is 47.7 cm³/mol. The quantitative estimate of drug-likeness (QED) is 0.715. The van der Waals surface area contributed by atoms with Gasteiger partial charge >= 0.3 is 0 Å². The largest absolute Gasteiger partial charge is 0.321 e. The number of aromatic nitrogens is 3. The monoisotopic (exact) mass is 168 g/mol. The fourth-order valence-electron chi connectivity index (χ4n) is 1.11. The molecule has 1 heterocycles. The zero-order valence-electron chi connectivity index (χ0n) is 8.07. The number of nitrogens with zero attached hydrogens (tertiary/aromatic N) is 3. The van der Waals surface area contributed by atoms with Crippen LogP contribution in [-0.4, -0.2) is 14.8 Å². The van der Waals surface area contributed by atoms with Gasteiger partial charge in [-0.15, -0.1) is 0 Å². The van der Waals surface area contributed by atoms with Crippen LogP contribution in [0.2, 0.25) is 0 Å². The Balaban J connectivity index is 3.00. The number of aryl methyl sites for hydroxylation is 1. The van der Waals surface area contributed by atoms with Crippen molar-refractivity contribution in [1.82, 2.24) is 14.8 Å². The van der Waals surface area contributed by atoms with Crippen molar-refractivity contribution in [2.75, 3.05) is 0 Å². The van der Waals surface area contributed by atoms with Crippen LogP contribution in [0, 0.1) is 0 Å². The summed E-state index contributed by atoms with van der Waals surface area (Å²) in [5.41, 5.74) is 5.66. The zero-order chi connectivity index (χ0) is 9.30. The highest BCUT2D eigenvalue weighted by Crippen LogP contribution is 2.12. The van der Waals surface area contributed by atoms with Crippen LogP contribution in [0.15, 0.2) is 0 Å². The van der Waals surface area contributed by atoms with Crippen molar-refractivity contribution in [3.63, 3.8) is 0 Å². The minimum Gasteiger partial charge on any atom is -0.321 e. The van der Waals surface area contributed by atoms with E-state index < -0.39 is 0 Å². The van der Waals surface area contributed by atoms with Gasteiger partial charge in [0.2, 0.25) is 0 Å². The lowest BCUT2D eigenvalue weighted by atomic mass is 10.2. The second-order valence-corrected chi connectivity index (χ2v) is 3.40. The maximum atomic E-state index is 5.66. The number of hydrogen-bond donors (Lipinski definition) is 1. The van der Waals surface area contributed by atoms with Crippen molar-refractivity contribution < 1.29 is 0 Å². The molecule has 0 spiro atoms. The molecule has 1 rings (SSSR count). The highest BCUT2D eigenvalue weighted by atomic mass is 15.3. The third-order valence-electron chi connectivity index (χ3n) is 1.74. The van der Waals surface area contributed by atoms with Gasteiger partial charge in [0.05, 0.1) is 6.04 Å². The Labute approximate surface area is 72.8 Å². The lowest BCUT2D eigenvalue weighted by molar-refractivity contribution is 0.646. The SMILES string of the molecule is CC(C)c1nc(C(C)N)nn1C. The Bertz CT molecular complexity index is 262. The van der Waals surface area contributed by atoms with Gasteiger partial charge in [0.25, 0.3) is 0 Å². The molecule has 0 saturated carbocycles. The van der Waals surface area contributed by atoms with Crippen molar-refractivity contribution in [3.05, 3.63) is 11.6 Å². The van der Waals surface area contributed by atoms with Gasteiger partial charge in [-0.2, -0.15) is 5.10 Å². The lowest BCUT2D eigenvalue weighted by Crippen LogP contribution is -2.07. The van der Waals surface area contributed by atoms with Gasteiger partial charge in [0.1, 0.15) is 5.82 Å². The van der Waals surface area contributed by atoms with Gasteiger partial charge in [0.15, 0.2) is 5.82 Å². The smallest absolute Gasteiger partial charge is 0.167 e. The molecule has 2 N–H and O–H groups in total. The molecular formula is C8H16N4.